The highest BCUT2D eigenvalue weighted by Crippen LogP contribution is 2.19. The van der Waals surface area contributed by atoms with Crippen LogP contribution in [0.4, 0.5) is 0 Å². The summed E-state index contributed by atoms with van der Waals surface area (Å²) in [4.78, 5) is 8.72. The Hall–Kier alpha value is -1.61. The van der Waals surface area contributed by atoms with Crippen LogP contribution in [0.25, 0.3) is 11.5 Å². The molecule has 1 heterocycles. The zero-order valence-corrected chi connectivity index (χ0v) is 17.4. The van der Waals surface area contributed by atoms with Crippen molar-refractivity contribution in [2.45, 2.75) is 19.8 Å². The number of ether oxygens (including phenoxy) is 1. The maximum atomic E-state index is 5.57. The van der Waals surface area contributed by atoms with E-state index in [1.54, 1.807) is 20.4 Å². The van der Waals surface area contributed by atoms with Crippen molar-refractivity contribution in [3.63, 3.8) is 0 Å². The molecule has 2 rings (SSSR count). The molecule has 0 aliphatic heterocycles. The van der Waals surface area contributed by atoms with Crippen LogP contribution in [0.5, 0.6) is 0 Å². The Morgan fingerprint density at radius 1 is 1.20 bits per heavy atom. The van der Waals surface area contributed by atoms with Crippen LogP contribution in [0.15, 0.2) is 39.9 Å². The molecule has 6 nitrogen and oxygen atoms in total. The standard InChI is InChI=1S/C18H26N4O2.HI/c1-14-5-7-15(8-6-14)17-22-16(13-24-17)9-11-21-18(19-2)20-10-4-12-23-3;/h5-8,13H,4,9-12H2,1-3H3,(H2,19,20,21);1H. The van der Waals surface area contributed by atoms with Gasteiger partial charge in [0, 0.05) is 45.8 Å². The second kappa shape index (κ2) is 11.9. The van der Waals surface area contributed by atoms with Gasteiger partial charge < -0.3 is 19.8 Å². The number of hydrogen-bond donors (Lipinski definition) is 2. The monoisotopic (exact) mass is 458 g/mol. The molecular weight excluding hydrogens is 431 g/mol. The molecule has 0 aliphatic carbocycles. The quantitative estimate of drug-likeness (QED) is 0.276. The van der Waals surface area contributed by atoms with Gasteiger partial charge in [0.1, 0.15) is 6.26 Å². The summed E-state index contributed by atoms with van der Waals surface area (Å²) in [7, 11) is 3.47. The van der Waals surface area contributed by atoms with Gasteiger partial charge in [-0.3, -0.25) is 4.99 Å². The molecule has 0 spiro atoms. The molecule has 0 saturated heterocycles. The third kappa shape index (κ3) is 7.43. The number of oxazole rings is 1. The molecule has 0 atom stereocenters. The number of methoxy groups -OCH3 is 1. The smallest absolute Gasteiger partial charge is 0.226 e. The number of aryl methyl sites for hydroxylation is 1. The van der Waals surface area contributed by atoms with E-state index in [4.69, 9.17) is 9.15 Å². The maximum absolute atomic E-state index is 5.57. The van der Waals surface area contributed by atoms with Crippen molar-refractivity contribution in [1.82, 2.24) is 15.6 Å². The van der Waals surface area contributed by atoms with Crippen LogP contribution in [0, 0.1) is 6.92 Å². The number of hydrogen-bond acceptors (Lipinski definition) is 4. The minimum atomic E-state index is 0. The van der Waals surface area contributed by atoms with Gasteiger partial charge in [-0.2, -0.15) is 0 Å². The average Bonchev–Trinajstić information content (AvgIpc) is 3.06. The van der Waals surface area contributed by atoms with Crippen LogP contribution in [0.3, 0.4) is 0 Å². The highest BCUT2D eigenvalue weighted by Gasteiger charge is 2.06. The molecule has 0 aliphatic rings. The minimum Gasteiger partial charge on any atom is -0.444 e. The van der Waals surface area contributed by atoms with Crippen molar-refractivity contribution in [3.05, 3.63) is 41.8 Å². The van der Waals surface area contributed by atoms with Crippen LogP contribution in [-0.2, 0) is 11.2 Å². The third-order valence-electron chi connectivity index (χ3n) is 3.57. The predicted molar refractivity (Wildman–Crippen MR) is 112 cm³/mol. The van der Waals surface area contributed by atoms with E-state index >= 15 is 0 Å². The second-order valence-corrected chi connectivity index (χ2v) is 5.53. The number of rotatable bonds is 8. The topological polar surface area (TPSA) is 71.7 Å². The van der Waals surface area contributed by atoms with Gasteiger partial charge in [0.05, 0.1) is 5.69 Å². The van der Waals surface area contributed by atoms with Crippen molar-refractivity contribution in [2.75, 3.05) is 33.9 Å². The lowest BCUT2D eigenvalue weighted by atomic mass is 10.1. The summed E-state index contributed by atoms with van der Waals surface area (Å²) in [6.45, 7) is 4.37. The number of nitrogens with one attached hydrogen (secondary N) is 2. The summed E-state index contributed by atoms with van der Waals surface area (Å²) < 4.78 is 10.6. The van der Waals surface area contributed by atoms with Gasteiger partial charge in [-0.15, -0.1) is 24.0 Å². The molecule has 0 amide bonds. The van der Waals surface area contributed by atoms with Gasteiger partial charge in [0.2, 0.25) is 5.89 Å². The molecule has 0 radical (unpaired) electrons. The van der Waals surface area contributed by atoms with Crippen molar-refractivity contribution in [3.8, 4) is 11.5 Å². The second-order valence-electron chi connectivity index (χ2n) is 5.53. The van der Waals surface area contributed by atoms with E-state index in [1.165, 1.54) is 5.56 Å². The van der Waals surface area contributed by atoms with E-state index in [-0.39, 0.29) is 24.0 Å². The Morgan fingerprint density at radius 3 is 2.60 bits per heavy atom. The van der Waals surface area contributed by atoms with Crippen LogP contribution < -0.4 is 10.6 Å². The molecule has 0 unspecified atom stereocenters. The highest BCUT2D eigenvalue weighted by molar-refractivity contribution is 14.0. The number of nitrogens with zero attached hydrogens (tertiary/aromatic N) is 2. The molecule has 1 aromatic carbocycles. The Kier molecular flexibility index (Phi) is 10.2. The fourth-order valence-electron chi connectivity index (χ4n) is 2.20. The van der Waals surface area contributed by atoms with E-state index in [1.807, 2.05) is 12.1 Å². The number of halogens is 1. The van der Waals surface area contributed by atoms with Crippen LogP contribution >= 0.6 is 24.0 Å². The molecule has 138 valence electrons. The highest BCUT2D eigenvalue weighted by atomic mass is 127. The Labute approximate surface area is 166 Å². The number of benzene rings is 1. The van der Waals surface area contributed by atoms with E-state index in [9.17, 15) is 0 Å². The summed E-state index contributed by atoms with van der Waals surface area (Å²) in [6.07, 6.45) is 3.43. The van der Waals surface area contributed by atoms with Crippen LogP contribution in [0.2, 0.25) is 0 Å². The van der Waals surface area contributed by atoms with Gasteiger partial charge in [-0.05, 0) is 25.5 Å². The Bertz CT molecular complexity index is 641. The largest absolute Gasteiger partial charge is 0.444 e. The van der Waals surface area contributed by atoms with Crippen molar-refractivity contribution in [1.29, 1.82) is 0 Å². The zero-order valence-electron chi connectivity index (χ0n) is 15.0. The molecular formula is C18H27IN4O2. The first-order valence-electron chi connectivity index (χ1n) is 8.18. The summed E-state index contributed by atoms with van der Waals surface area (Å²) in [6, 6.07) is 8.16. The van der Waals surface area contributed by atoms with Gasteiger partial charge in [-0.1, -0.05) is 17.7 Å². The lowest BCUT2D eigenvalue weighted by Gasteiger charge is -2.10. The minimum absolute atomic E-state index is 0. The number of aliphatic imine (C=N–C) groups is 1. The first-order chi connectivity index (χ1) is 11.7. The van der Waals surface area contributed by atoms with Gasteiger partial charge in [0.15, 0.2) is 5.96 Å². The van der Waals surface area contributed by atoms with E-state index in [0.29, 0.717) is 5.89 Å². The molecule has 25 heavy (non-hydrogen) atoms. The molecule has 0 bridgehead atoms. The van der Waals surface area contributed by atoms with Gasteiger partial charge in [-0.25, -0.2) is 4.98 Å². The molecule has 2 N–H and O–H groups in total. The van der Waals surface area contributed by atoms with Crippen LogP contribution in [-0.4, -0.2) is 44.8 Å². The van der Waals surface area contributed by atoms with Crippen molar-refractivity contribution < 1.29 is 9.15 Å². The predicted octanol–water partition coefficient (Wildman–Crippen LogP) is 3.01. The van der Waals surface area contributed by atoms with Gasteiger partial charge in [0.25, 0.3) is 0 Å². The fraction of sp³-hybridized carbons (Fsp3) is 0.444. The number of guanidine groups is 1. The van der Waals surface area contributed by atoms with E-state index in [2.05, 4.69) is 39.7 Å². The average molecular weight is 458 g/mol. The third-order valence-corrected chi connectivity index (χ3v) is 3.57. The summed E-state index contributed by atoms with van der Waals surface area (Å²) >= 11 is 0. The summed E-state index contributed by atoms with van der Waals surface area (Å²) in [5, 5.41) is 6.51. The molecule has 2 aromatic rings. The Morgan fingerprint density at radius 2 is 1.92 bits per heavy atom. The van der Waals surface area contributed by atoms with E-state index in [0.717, 1.165) is 49.8 Å². The first-order valence-corrected chi connectivity index (χ1v) is 8.18. The zero-order chi connectivity index (χ0) is 17.2. The normalized spacial score (nSPS) is 11.1. The molecule has 0 saturated carbocycles. The molecule has 0 fully saturated rings. The summed E-state index contributed by atoms with van der Waals surface area (Å²) in [5.41, 5.74) is 3.14. The maximum Gasteiger partial charge on any atom is 0.226 e. The lowest BCUT2D eigenvalue weighted by Crippen LogP contribution is -2.39. The van der Waals surface area contributed by atoms with E-state index < -0.39 is 0 Å². The van der Waals surface area contributed by atoms with Crippen molar-refractivity contribution in [2.24, 2.45) is 4.99 Å². The lowest BCUT2D eigenvalue weighted by molar-refractivity contribution is 0.195. The van der Waals surface area contributed by atoms with Crippen LogP contribution in [0.1, 0.15) is 17.7 Å². The van der Waals surface area contributed by atoms with Crippen molar-refractivity contribution >= 4 is 29.9 Å². The summed E-state index contributed by atoms with van der Waals surface area (Å²) in [5.74, 6) is 1.44. The fourth-order valence-corrected chi connectivity index (χ4v) is 2.20. The van der Waals surface area contributed by atoms with Gasteiger partial charge >= 0.3 is 0 Å². The molecule has 7 heteroatoms. The molecule has 1 aromatic heterocycles. The Balaban J connectivity index is 0.00000312. The SMILES string of the molecule is CN=C(NCCCOC)NCCc1coc(-c2ccc(C)cc2)n1.I. The number of aromatic nitrogens is 1. The first kappa shape index (κ1) is 21.4.